The van der Waals surface area contributed by atoms with Crippen molar-refractivity contribution in [2.75, 3.05) is 85.7 Å². The summed E-state index contributed by atoms with van der Waals surface area (Å²) in [6, 6.07) is 33.6. The summed E-state index contributed by atoms with van der Waals surface area (Å²) >= 11 is 0. The van der Waals surface area contributed by atoms with Crippen LogP contribution in [0.3, 0.4) is 0 Å². The van der Waals surface area contributed by atoms with E-state index in [0.717, 1.165) is 123 Å². The van der Waals surface area contributed by atoms with Gasteiger partial charge in [0.2, 0.25) is 23.8 Å². The van der Waals surface area contributed by atoms with Gasteiger partial charge in [-0.05, 0) is 109 Å². The van der Waals surface area contributed by atoms with Crippen molar-refractivity contribution < 1.29 is 27.6 Å². The van der Waals surface area contributed by atoms with E-state index in [4.69, 9.17) is 66.4 Å². The molecule has 660 valence electrons. The third kappa shape index (κ3) is 19.7. The van der Waals surface area contributed by atoms with Crippen LogP contribution in [0.1, 0.15) is 146 Å². The number of rotatable bonds is 24. The highest BCUT2D eigenvalue weighted by molar-refractivity contribution is 5.77. The smallest absolute Gasteiger partial charge is 0.324 e. The van der Waals surface area contributed by atoms with Crippen molar-refractivity contribution in [1.82, 2.24) is 115 Å². The van der Waals surface area contributed by atoms with E-state index < -0.39 is 10.8 Å². The summed E-state index contributed by atoms with van der Waals surface area (Å²) in [4.78, 5) is 76.7. The molecule has 15 aromatic rings. The van der Waals surface area contributed by atoms with Crippen molar-refractivity contribution in [3.05, 3.63) is 229 Å². The van der Waals surface area contributed by atoms with E-state index >= 15 is 0 Å². The predicted molar refractivity (Wildman–Crippen MR) is 483 cm³/mol. The maximum atomic E-state index is 11.4. The molecule has 1 amide bonds. The lowest BCUT2D eigenvalue weighted by Crippen LogP contribution is -2.43. The lowest BCUT2D eigenvalue weighted by molar-refractivity contribution is -0.122. The van der Waals surface area contributed by atoms with Crippen LogP contribution in [-0.4, -0.2) is 169 Å². The second kappa shape index (κ2) is 38.1. The number of nitrogen functional groups attached to an aromatic ring is 4. The molecule has 1 saturated carbocycles. The van der Waals surface area contributed by atoms with Gasteiger partial charge in [0, 0.05) is 131 Å². The Labute approximate surface area is 740 Å². The van der Waals surface area contributed by atoms with E-state index in [9.17, 15) is 4.79 Å². The van der Waals surface area contributed by atoms with Crippen LogP contribution >= 0.6 is 0 Å². The van der Waals surface area contributed by atoms with Crippen LogP contribution in [0.15, 0.2) is 202 Å². The minimum atomic E-state index is -0.441. The van der Waals surface area contributed by atoms with Crippen LogP contribution in [0.2, 0.25) is 0 Å². The van der Waals surface area contributed by atoms with Crippen LogP contribution in [0.25, 0.3) is 79.1 Å². The highest BCUT2D eigenvalue weighted by Crippen LogP contribution is 2.51. The summed E-state index contributed by atoms with van der Waals surface area (Å²) in [7, 11) is 3.52. The van der Waals surface area contributed by atoms with E-state index in [2.05, 4.69) is 226 Å². The monoisotopic (exact) mass is 1730 g/mol. The van der Waals surface area contributed by atoms with Gasteiger partial charge in [0.1, 0.15) is 17.3 Å². The minimum absolute atomic E-state index is 0.0339. The number of hydrogen-bond donors (Lipinski definition) is 6. The number of methoxy groups -OCH3 is 1. The Bertz CT molecular complexity index is 6140. The fourth-order valence-electron chi connectivity index (χ4n) is 15.8. The number of piperidine rings is 1. The normalized spacial score (nSPS) is 15.3. The number of benzene rings is 4. The Balaban J connectivity index is 0.000000132. The first kappa shape index (κ1) is 88.3. The minimum Gasteiger partial charge on any atom is -0.383 e. The molecule has 0 bridgehead atoms. The first-order chi connectivity index (χ1) is 61.6. The molecule has 1 unspecified atom stereocenters. The number of carbonyl (C=O) groups excluding carboxylic acids is 1. The Morgan fingerprint density at radius 3 is 1.46 bits per heavy atom. The third-order valence-electron chi connectivity index (χ3n) is 24.4. The SMILES string of the molecule is CC(C)C(C)(c1ccc(-c2cnc(N)nc2)cc1)c1noc(N2CCC(C(N)=O)CC2)n1.COCCn1cc(-c2nc([C@](C)(c3ccc(-c4cnc(N)nc4)cc3)C(C)C)no2)cn1.C[C@](c1ccc(-c2cnc(N)cn2)cc1)(c1noc(-c2cnc(N3CCNCC3)cn2)n1)C1CC1.Cn1cc(-c2nc([C@@H](c3ccc(-c4cnc(N)nc4)cc3)C(C)(C)C)no2)cn1. The Morgan fingerprint density at radius 1 is 0.469 bits per heavy atom. The van der Waals surface area contributed by atoms with Crippen molar-refractivity contribution in [3.8, 4) is 79.1 Å². The summed E-state index contributed by atoms with van der Waals surface area (Å²) in [5.74, 6) is 6.50. The summed E-state index contributed by atoms with van der Waals surface area (Å²) in [6.45, 7) is 27.9. The van der Waals surface area contributed by atoms with Crippen molar-refractivity contribution in [1.29, 1.82) is 0 Å². The number of hydrogen-bond acceptors (Lipinski definition) is 33. The number of amides is 1. The fourth-order valence-corrected chi connectivity index (χ4v) is 15.8. The van der Waals surface area contributed by atoms with E-state index in [1.54, 1.807) is 90.8 Å². The largest absolute Gasteiger partial charge is 0.383 e. The highest BCUT2D eigenvalue weighted by Gasteiger charge is 2.48. The number of ether oxygens (including phenoxy) is 1. The molecule has 0 spiro atoms. The van der Waals surface area contributed by atoms with Gasteiger partial charge in [-0.2, -0.15) is 30.1 Å². The van der Waals surface area contributed by atoms with Crippen LogP contribution < -0.4 is 43.8 Å². The quantitative estimate of drug-likeness (QED) is 0.0327. The number of carbonyl (C=O) groups is 1. The maximum absolute atomic E-state index is 11.4. The van der Waals surface area contributed by atoms with Crippen molar-refractivity contribution in [2.45, 2.75) is 124 Å². The lowest BCUT2D eigenvalue weighted by atomic mass is 9.72. The van der Waals surface area contributed by atoms with Gasteiger partial charge < -0.3 is 66.6 Å². The topological polar surface area (TPSA) is 495 Å². The van der Waals surface area contributed by atoms with Crippen LogP contribution in [0.4, 0.5) is 35.5 Å². The van der Waals surface area contributed by atoms with Gasteiger partial charge >= 0.3 is 6.01 Å². The fraction of sp³-hybridized carbons (Fsp3) is 0.359. The molecule has 0 radical (unpaired) electrons. The molecule has 13 heterocycles. The van der Waals surface area contributed by atoms with Crippen LogP contribution in [0.5, 0.6) is 0 Å². The highest BCUT2D eigenvalue weighted by atomic mass is 16.5. The Kier molecular flexibility index (Phi) is 26.3. The molecule has 128 heavy (non-hydrogen) atoms. The summed E-state index contributed by atoms with van der Waals surface area (Å²) in [5, 5.41) is 29.2. The van der Waals surface area contributed by atoms with E-state index in [1.807, 2.05) is 60.7 Å². The number of primary amides is 1. The second-order valence-corrected chi connectivity index (χ2v) is 34.4. The standard InChI is InChI=1S/C25H27N9O.C23H27N7O2.C23H29N7O2.C21H23N7O/c1-25(18-6-7-18,17-4-2-16(3-5-17)19-12-30-21(26)14-28-19)24-32-23(35-33-24)20-13-31-22(15-29-20)34-10-8-27-9-11-34;1-15(2)23(3,19-7-5-16(6-8-19)17-11-25-22(24)26-12-17)21-28-20(32-29-21)18-13-27-30(14-18)9-10-31-4;1-14(2)23(3,18-6-4-15(5-7-18)17-12-26-21(25)27-13-17)20-28-22(32-29-20)30-10-8-16(9-11-30)19(24)31;1-21(2,3)17(18-26-19(29-27-18)16-11-25-28(4)12-16)14-7-5-13(6-8-14)15-9-23-20(22)24-10-15/h2-5,12-15,18,27H,6-11H2,1H3,(H2,26,30);5-8,11-15H,9-10H2,1-4H3,(H2,24,25,26);4-7,12-14,16H,8-11H2,1-3H3,(H2,24,31)(H2,25,26,27);5-12,17H,1-4H3,(H2,22,23,24)/t25-;23-;;17-/m10.1/s1. The van der Waals surface area contributed by atoms with Crippen molar-refractivity contribution in [2.24, 2.45) is 41.9 Å². The van der Waals surface area contributed by atoms with Gasteiger partial charge in [0.15, 0.2) is 23.3 Å². The number of nitrogens with zero attached hydrogens (tertiary/aromatic N) is 24. The van der Waals surface area contributed by atoms with Gasteiger partial charge in [-0.25, -0.2) is 44.9 Å². The lowest BCUT2D eigenvalue weighted by Gasteiger charge is -2.31. The molecule has 4 atom stereocenters. The first-order valence-electron chi connectivity index (χ1n) is 42.5. The summed E-state index contributed by atoms with van der Waals surface area (Å²) < 4.78 is 31.1. The van der Waals surface area contributed by atoms with Gasteiger partial charge in [0.25, 0.3) is 17.7 Å². The van der Waals surface area contributed by atoms with Gasteiger partial charge in [-0.1, -0.05) is 166 Å². The predicted octanol–water partition coefficient (Wildman–Crippen LogP) is 12.7. The Hall–Kier alpha value is -14.6. The number of nitrogens with one attached hydrogen (secondary N) is 1. The molecule has 36 heteroatoms. The molecule has 11 N–H and O–H groups in total. The number of nitrogens with two attached hydrogens (primary N) is 5. The van der Waals surface area contributed by atoms with Crippen molar-refractivity contribution >= 4 is 41.4 Å². The summed E-state index contributed by atoms with van der Waals surface area (Å²) in [6.07, 6.45) is 27.9. The Morgan fingerprint density at radius 2 is 0.953 bits per heavy atom. The van der Waals surface area contributed by atoms with E-state index in [1.165, 1.54) is 0 Å². The molecule has 4 aromatic carbocycles. The number of aromatic nitrogens is 22. The average molecular weight is 1730 g/mol. The molecule has 1 aliphatic carbocycles. The molecule has 18 rings (SSSR count). The first-order valence-corrected chi connectivity index (χ1v) is 42.5. The third-order valence-corrected chi connectivity index (χ3v) is 24.4. The number of piperazine rings is 1. The maximum Gasteiger partial charge on any atom is 0.324 e. The molecule has 11 aromatic heterocycles. The van der Waals surface area contributed by atoms with E-state index in [-0.39, 0.29) is 58.3 Å². The van der Waals surface area contributed by atoms with Crippen molar-refractivity contribution in [3.63, 3.8) is 0 Å². The molecule has 2 aliphatic heterocycles. The zero-order valence-electron chi connectivity index (χ0n) is 73.8. The van der Waals surface area contributed by atoms with Crippen LogP contribution in [-0.2, 0) is 39.4 Å². The number of anilines is 6. The zero-order chi connectivity index (χ0) is 90.0. The summed E-state index contributed by atoms with van der Waals surface area (Å²) in [5.41, 5.74) is 40.6. The molecular formula is C92H106N30O6. The number of aryl methyl sites for hydroxylation is 1. The zero-order valence-corrected chi connectivity index (χ0v) is 73.8. The van der Waals surface area contributed by atoms with Gasteiger partial charge in [0.05, 0.1) is 89.3 Å². The molecule has 3 fully saturated rings. The molecule has 36 nitrogen and oxygen atoms in total. The van der Waals surface area contributed by atoms with Gasteiger partial charge in [-0.3, -0.25) is 19.1 Å². The molecular weight excluding hydrogens is 1620 g/mol. The molecule has 3 aliphatic rings. The van der Waals surface area contributed by atoms with Gasteiger partial charge in [-0.15, -0.1) is 0 Å². The van der Waals surface area contributed by atoms with E-state index in [0.29, 0.717) is 103 Å². The average Bonchev–Trinajstić information content (AvgIpc) is 1.62. The van der Waals surface area contributed by atoms with Crippen LogP contribution in [0, 0.1) is 29.1 Å². The molecule has 2 saturated heterocycles. The second-order valence-electron chi connectivity index (χ2n) is 34.4.